The molecule has 1 saturated heterocycles. The van der Waals surface area contributed by atoms with Crippen molar-refractivity contribution in [2.45, 2.75) is 52.4 Å². The Balaban J connectivity index is 2.87. The first-order valence-electron chi connectivity index (χ1n) is 7.48. The first-order chi connectivity index (χ1) is 10.5. The maximum Gasteiger partial charge on any atom is 0.679 e. The first-order valence-corrected chi connectivity index (χ1v) is 9.11. The van der Waals surface area contributed by atoms with E-state index in [9.17, 15) is 9.59 Å². The predicted molar refractivity (Wildman–Crippen MR) is 83.4 cm³/mol. The Bertz CT molecular complexity index is 447. The van der Waals surface area contributed by atoms with Crippen molar-refractivity contribution in [1.82, 2.24) is 5.32 Å². The lowest BCUT2D eigenvalue weighted by molar-refractivity contribution is -0.154. The van der Waals surface area contributed by atoms with Crippen molar-refractivity contribution in [3.05, 3.63) is 0 Å². The average Bonchev–Trinajstić information content (AvgIpc) is 2.41. The number of hydrogen-bond acceptors (Lipinski definition) is 6. The van der Waals surface area contributed by atoms with Gasteiger partial charge in [-0.1, -0.05) is 0 Å². The van der Waals surface area contributed by atoms with Gasteiger partial charge in [-0.2, -0.15) is 0 Å². The van der Waals surface area contributed by atoms with E-state index in [2.05, 4.69) is 5.32 Å². The Morgan fingerprint density at radius 3 is 2.13 bits per heavy atom. The molecule has 23 heavy (non-hydrogen) atoms. The number of nitrogens with one attached hydrogen (secondary N) is 1. The van der Waals surface area contributed by atoms with Crippen molar-refractivity contribution in [1.29, 1.82) is 0 Å². The standard InChI is InChI=1S/C14H27NO7Si/c1-8(13(17)18)11-10(12(16)15-11)9(2)21-23(19-6,20-7)22-14(3,4)5/h8-11H,1-7H3,(H,15,16)(H,17,18)/t8?,9-,10+,11+/m0/s1. The molecular formula is C14H27NO7Si. The molecular weight excluding hydrogens is 322 g/mol. The van der Waals surface area contributed by atoms with Crippen LogP contribution in [0.15, 0.2) is 0 Å². The Kier molecular flexibility index (Phi) is 6.33. The van der Waals surface area contributed by atoms with Crippen molar-refractivity contribution >= 4 is 20.9 Å². The summed E-state index contributed by atoms with van der Waals surface area (Å²) >= 11 is 0. The highest BCUT2D eigenvalue weighted by Crippen LogP contribution is 2.30. The van der Waals surface area contributed by atoms with E-state index < -0.39 is 44.6 Å². The summed E-state index contributed by atoms with van der Waals surface area (Å²) in [7, 11) is -0.590. The van der Waals surface area contributed by atoms with Crippen molar-refractivity contribution in [3.8, 4) is 0 Å². The molecule has 0 bridgehead atoms. The van der Waals surface area contributed by atoms with Crippen molar-refractivity contribution in [2.75, 3.05) is 14.2 Å². The maximum atomic E-state index is 11.9. The van der Waals surface area contributed by atoms with Crippen molar-refractivity contribution in [3.63, 3.8) is 0 Å². The predicted octanol–water partition coefficient (Wildman–Crippen LogP) is 0.770. The highest BCUT2D eigenvalue weighted by molar-refractivity contribution is 6.53. The zero-order chi connectivity index (χ0) is 18.0. The van der Waals surface area contributed by atoms with Crippen LogP contribution < -0.4 is 5.32 Å². The van der Waals surface area contributed by atoms with Crippen LogP contribution in [-0.2, 0) is 27.3 Å². The topological polar surface area (TPSA) is 103 Å². The summed E-state index contributed by atoms with van der Waals surface area (Å²) in [6.45, 7) is 8.76. The van der Waals surface area contributed by atoms with Gasteiger partial charge in [0.2, 0.25) is 5.91 Å². The Labute approximate surface area is 137 Å². The molecule has 1 unspecified atom stereocenters. The molecule has 0 aromatic rings. The SMILES string of the molecule is CO[Si](OC)(O[C@@H](C)[C@H]1C(=O)N[C@@H]1C(C)C(=O)O)OC(C)(C)C. The van der Waals surface area contributed by atoms with Gasteiger partial charge in [0.15, 0.2) is 0 Å². The molecule has 1 heterocycles. The number of rotatable bonds is 8. The van der Waals surface area contributed by atoms with E-state index in [1.807, 2.05) is 20.8 Å². The van der Waals surface area contributed by atoms with Gasteiger partial charge in [-0.3, -0.25) is 9.59 Å². The third-order valence-corrected chi connectivity index (χ3v) is 6.22. The van der Waals surface area contributed by atoms with Gasteiger partial charge in [0, 0.05) is 14.2 Å². The molecule has 1 fully saturated rings. The lowest BCUT2D eigenvalue weighted by Gasteiger charge is -2.44. The van der Waals surface area contributed by atoms with Gasteiger partial charge in [0.25, 0.3) is 0 Å². The van der Waals surface area contributed by atoms with Gasteiger partial charge >= 0.3 is 15.0 Å². The van der Waals surface area contributed by atoms with Crippen LogP contribution in [0, 0.1) is 11.8 Å². The van der Waals surface area contributed by atoms with E-state index in [1.165, 1.54) is 14.2 Å². The van der Waals surface area contributed by atoms with Crippen LogP contribution >= 0.6 is 0 Å². The molecule has 0 aromatic heterocycles. The first kappa shape index (κ1) is 20.0. The second-order valence-electron chi connectivity index (χ2n) is 6.63. The zero-order valence-electron chi connectivity index (χ0n) is 14.7. The minimum absolute atomic E-state index is 0.249. The normalized spacial score (nSPS) is 24.6. The van der Waals surface area contributed by atoms with E-state index in [4.69, 9.17) is 22.8 Å². The lowest BCUT2D eigenvalue weighted by atomic mass is 9.79. The monoisotopic (exact) mass is 349 g/mol. The Hall–Kier alpha value is -1.00. The van der Waals surface area contributed by atoms with E-state index in [0.29, 0.717) is 0 Å². The summed E-state index contributed by atoms with van der Waals surface area (Å²) in [5.41, 5.74) is -0.562. The molecule has 0 radical (unpaired) electrons. The van der Waals surface area contributed by atoms with Gasteiger partial charge < -0.3 is 28.1 Å². The fourth-order valence-corrected chi connectivity index (χ4v) is 4.40. The van der Waals surface area contributed by atoms with Crippen LogP contribution in [0.5, 0.6) is 0 Å². The number of aliphatic carboxylic acids is 1. The van der Waals surface area contributed by atoms with Crippen LogP contribution in [0.2, 0.25) is 0 Å². The molecule has 4 atom stereocenters. The van der Waals surface area contributed by atoms with Crippen molar-refractivity contribution < 1.29 is 32.4 Å². The van der Waals surface area contributed by atoms with Gasteiger partial charge in [0.05, 0.1) is 29.6 Å². The molecule has 0 aliphatic carbocycles. The molecule has 0 spiro atoms. The third kappa shape index (κ3) is 4.74. The van der Waals surface area contributed by atoms with E-state index in [-0.39, 0.29) is 5.91 Å². The fourth-order valence-electron chi connectivity index (χ4n) is 2.47. The molecule has 0 saturated carbocycles. The third-order valence-electron chi connectivity index (χ3n) is 3.69. The quantitative estimate of drug-likeness (QED) is 0.493. The minimum Gasteiger partial charge on any atom is -0.481 e. The number of amides is 1. The molecule has 1 aliphatic heterocycles. The summed E-state index contributed by atoms with van der Waals surface area (Å²) in [6, 6.07) is -0.495. The van der Waals surface area contributed by atoms with Gasteiger partial charge in [-0.25, -0.2) is 0 Å². The van der Waals surface area contributed by atoms with Crippen LogP contribution in [0.4, 0.5) is 0 Å². The fraction of sp³-hybridized carbons (Fsp3) is 0.857. The number of carbonyl (C=O) groups excluding carboxylic acids is 1. The van der Waals surface area contributed by atoms with E-state index in [1.54, 1.807) is 13.8 Å². The number of carboxylic acids is 1. The Morgan fingerprint density at radius 1 is 1.26 bits per heavy atom. The van der Waals surface area contributed by atoms with E-state index >= 15 is 0 Å². The molecule has 8 nitrogen and oxygen atoms in total. The molecule has 2 N–H and O–H groups in total. The summed E-state index contributed by atoms with van der Waals surface area (Å²) < 4.78 is 22.4. The highest BCUT2D eigenvalue weighted by Gasteiger charge is 2.54. The number of carboxylic acid groups (broad SMARTS) is 1. The molecule has 1 amide bonds. The second kappa shape index (κ2) is 7.26. The summed E-state index contributed by atoms with van der Waals surface area (Å²) in [5, 5.41) is 11.7. The summed E-state index contributed by atoms with van der Waals surface area (Å²) in [5.74, 6) is -2.53. The van der Waals surface area contributed by atoms with Crippen LogP contribution in [0.25, 0.3) is 0 Å². The van der Waals surface area contributed by atoms with Crippen LogP contribution in [0.3, 0.4) is 0 Å². The van der Waals surface area contributed by atoms with Gasteiger partial charge in [-0.05, 0) is 34.6 Å². The summed E-state index contributed by atoms with van der Waals surface area (Å²) in [6.07, 6.45) is -0.607. The zero-order valence-corrected chi connectivity index (χ0v) is 15.7. The van der Waals surface area contributed by atoms with Crippen molar-refractivity contribution in [2.24, 2.45) is 11.8 Å². The van der Waals surface area contributed by atoms with E-state index in [0.717, 1.165) is 0 Å². The molecule has 0 aromatic carbocycles. The minimum atomic E-state index is -3.44. The average molecular weight is 349 g/mol. The molecule has 134 valence electrons. The largest absolute Gasteiger partial charge is 0.679 e. The van der Waals surface area contributed by atoms with Crippen LogP contribution in [-0.4, -0.2) is 58.0 Å². The highest BCUT2D eigenvalue weighted by atomic mass is 28.4. The Morgan fingerprint density at radius 2 is 1.78 bits per heavy atom. The summed E-state index contributed by atoms with van der Waals surface area (Å²) in [4.78, 5) is 23.0. The number of carbonyl (C=O) groups is 2. The second-order valence-corrected chi connectivity index (χ2v) is 8.89. The number of β-lactam (4-membered cyclic amide) rings is 1. The maximum absolute atomic E-state index is 11.9. The molecule has 1 aliphatic rings. The molecule has 1 rings (SSSR count). The number of hydrogen-bond donors (Lipinski definition) is 2. The van der Waals surface area contributed by atoms with Crippen LogP contribution in [0.1, 0.15) is 34.6 Å². The molecule has 9 heteroatoms. The smallest absolute Gasteiger partial charge is 0.481 e. The van der Waals surface area contributed by atoms with Gasteiger partial charge in [-0.15, -0.1) is 0 Å². The lowest BCUT2D eigenvalue weighted by Crippen LogP contribution is -2.67. The van der Waals surface area contributed by atoms with Gasteiger partial charge in [0.1, 0.15) is 0 Å².